The Morgan fingerprint density at radius 3 is 2.76 bits per heavy atom. The first kappa shape index (κ1) is 10.8. The lowest BCUT2D eigenvalue weighted by Gasteiger charge is -1.99. The molecule has 1 heterocycles. The number of halogens is 1. The summed E-state index contributed by atoms with van der Waals surface area (Å²) in [5, 5.41) is 4.04. The summed E-state index contributed by atoms with van der Waals surface area (Å²) in [6.07, 6.45) is 2.26. The molecule has 0 amide bonds. The van der Waals surface area contributed by atoms with E-state index >= 15 is 0 Å². The van der Waals surface area contributed by atoms with Gasteiger partial charge in [-0.15, -0.1) is 0 Å². The highest BCUT2D eigenvalue weighted by molar-refractivity contribution is 9.10. The topological polar surface area (TPSA) is 64.9 Å². The molecule has 0 bridgehead atoms. The molecule has 1 aromatic heterocycles. The van der Waals surface area contributed by atoms with Crippen LogP contribution in [0.4, 0.5) is 5.69 Å². The van der Waals surface area contributed by atoms with E-state index in [1.54, 1.807) is 0 Å². The fourth-order valence-corrected chi connectivity index (χ4v) is 2.24. The van der Waals surface area contributed by atoms with Crippen molar-refractivity contribution in [1.82, 2.24) is 10.1 Å². The Balaban J connectivity index is 2.00. The van der Waals surface area contributed by atoms with E-state index in [1.807, 2.05) is 18.2 Å². The Kier molecular flexibility index (Phi) is 2.26. The smallest absolute Gasteiger partial charge is 0.258 e. The zero-order chi connectivity index (χ0) is 12.0. The van der Waals surface area contributed by atoms with Crippen LogP contribution >= 0.6 is 15.9 Å². The average Bonchev–Trinajstić information content (AvgIpc) is 2.82. The van der Waals surface area contributed by atoms with Gasteiger partial charge in [0.1, 0.15) is 0 Å². The summed E-state index contributed by atoms with van der Waals surface area (Å²) >= 11 is 3.40. The van der Waals surface area contributed by atoms with Crippen molar-refractivity contribution in [3.8, 4) is 11.5 Å². The van der Waals surface area contributed by atoms with Crippen molar-refractivity contribution < 1.29 is 4.52 Å². The number of nitrogens with zero attached hydrogens (tertiary/aromatic N) is 2. The van der Waals surface area contributed by atoms with Crippen LogP contribution in [0.2, 0.25) is 0 Å². The van der Waals surface area contributed by atoms with E-state index in [9.17, 15) is 0 Å². The van der Waals surface area contributed by atoms with Crippen LogP contribution in [0, 0.1) is 0 Å². The molecule has 1 aromatic carbocycles. The molecule has 2 aromatic rings. The first-order chi connectivity index (χ1) is 8.07. The molecule has 0 spiro atoms. The molecule has 3 rings (SSSR count). The second-order valence-electron chi connectivity index (χ2n) is 4.76. The summed E-state index contributed by atoms with van der Waals surface area (Å²) in [7, 11) is 0. The second-order valence-corrected chi connectivity index (χ2v) is 5.67. The van der Waals surface area contributed by atoms with E-state index < -0.39 is 0 Å². The van der Waals surface area contributed by atoms with Gasteiger partial charge in [0.25, 0.3) is 5.89 Å². The van der Waals surface area contributed by atoms with Gasteiger partial charge in [-0.1, -0.05) is 28.0 Å². The van der Waals surface area contributed by atoms with Crippen molar-refractivity contribution in [3.63, 3.8) is 0 Å². The third-order valence-electron chi connectivity index (χ3n) is 3.13. The zero-order valence-electron chi connectivity index (χ0n) is 9.40. The standard InChI is InChI=1S/C12H12BrN3O/c1-12(2-3-12)11-15-10(17-16-11)7-4-8(13)6-9(14)5-7/h4-6H,2-3,14H2,1H3. The highest BCUT2D eigenvalue weighted by Crippen LogP contribution is 2.46. The largest absolute Gasteiger partial charge is 0.399 e. The van der Waals surface area contributed by atoms with Gasteiger partial charge in [0.15, 0.2) is 5.82 Å². The summed E-state index contributed by atoms with van der Waals surface area (Å²) in [4.78, 5) is 4.44. The lowest BCUT2D eigenvalue weighted by molar-refractivity contribution is 0.416. The molecule has 88 valence electrons. The van der Waals surface area contributed by atoms with Crippen LogP contribution < -0.4 is 5.73 Å². The fourth-order valence-electron chi connectivity index (χ4n) is 1.73. The average molecular weight is 294 g/mol. The first-order valence-corrected chi connectivity index (χ1v) is 6.27. The number of nitrogens with two attached hydrogens (primary N) is 1. The Labute approximate surface area is 107 Å². The van der Waals surface area contributed by atoms with Crippen molar-refractivity contribution in [1.29, 1.82) is 0 Å². The molecule has 0 radical (unpaired) electrons. The minimum Gasteiger partial charge on any atom is -0.399 e. The van der Waals surface area contributed by atoms with Gasteiger partial charge in [-0.05, 0) is 31.0 Å². The normalized spacial score (nSPS) is 17.1. The van der Waals surface area contributed by atoms with Gasteiger partial charge in [0.05, 0.1) is 0 Å². The SMILES string of the molecule is CC1(c2noc(-c3cc(N)cc(Br)c3)n2)CC1. The molecule has 0 unspecified atom stereocenters. The number of benzene rings is 1. The first-order valence-electron chi connectivity index (χ1n) is 5.47. The van der Waals surface area contributed by atoms with Crippen molar-refractivity contribution in [2.75, 3.05) is 5.73 Å². The summed E-state index contributed by atoms with van der Waals surface area (Å²) < 4.78 is 6.20. The van der Waals surface area contributed by atoms with Crippen LogP contribution in [0.25, 0.3) is 11.5 Å². The predicted octanol–water partition coefficient (Wildman–Crippen LogP) is 3.13. The van der Waals surface area contributed by atoms with Gasteiger partial charge >= 0.3 is 0 Å². The second kappa shape index (κ2) is 3.57. The monoisotopic (exact) mass is 293 g/mol. The predicted molar refractivity (Wildman–Crippen MR) is 68.4 cm³/mol. The summed E-state index contributed by atoms with van der Waals surface area (Å²) in [6.45, 7) is 2.15. The quantitative estimate of drug-likeness (QED) is 0.864. The minimum absolute atomic E-state index is 0.124. The van der Waals surface area contributed by atoms with E-state index in [2.05, 4.69) is 33.0 Å². The van der Waals surface area contributed by atoms with E-state index in [-0.39, 0.29) is 5.41 Å². The Bertz CT molecular complexity index is 555. The minimum atomic E-state index is 0.124. The number of rotatable bonds is 2. The number of anilines is 1. The third-order valence-corrected chi connectivity index (χ3v) is 3.59. The van der Waals surface area contributed by atoms with Crippen LogP contribution in [-0.4, -0.2) is 10.1 Å². The molecule has 4 nitrogen and oxygen atoms in total. The van der Waals surface area contributed by atoms with Gasteiger partial charge in [-0.3, -0.25) is 0 Å². The van der Waals surface area contributed by atoms with Gasteiger partial charge < -0.3 is 10.3 Å². The maximum atomic E-state index is 5.78. The van der Waals surface area contributed by atoms with Crippen LogP contribution in [0.5, 0.6) is 0 Å². The van der Waals surface area contributed by atoms with Crippen LogP contribution in [0.15, 0.2) is 27.2 Å². The number of hydrogen-bond donors (Lipinski definition) is 1. The van der Waals surface area contributed by atoms with E-state index in [0.717, 1.165) is 28.7 Å². The lowest BCUT2D eigenvalue weighted by atomic mass is 10.1. The van der Waals surface area contributed by atoms with Gasteiger partial charge in [0.2, 0.25) is 0 Å². The Morgan fingerprint density at radius 2 is 2.12 bits per heavy atom. The molecule has 0 atom stereocenters. The molecule has 0 aliphatic heterocycles. The van der Waals surface area contributed by atoms with Crippen molar-refractivity contribution in [2.24, 2.45) is 0 Å². The number of nitrogen functional groups attached to an aromatic ring is 1. The summed E-state index contributed by atoms with van der Waals surface area (Å²) in [5.41, 5.74) is 7.43. The number of aromatic nitrogens is 2. The molecule has 0 saturated heterocycles. The van der Waals surface area contributed by atoms with E-state index in [1.165, 1.54) is 0 Å². The summed E-state index contributed by atoms with van der Waals surface area (Å²) in [5.74, 6) is 1.33. The zero-order valence-corrected chi connectivity index (χ0v) is 11.0. The molecular formula is C12H12BrN3O. The molecular weight excluding hydrogens is 282 g/mol. The lowest BCUT2D eigenvalue weighted by Crippen LogP contribution is -2.01. The Morgan fingerprint density at radius 1 is 1.35 bits per heavy atom. The molecule has 2 N–H and O–H groups in total. The van der Waals surface area contributed by atoms with E-state index in [4.69, 9.17) is 10.3 Å². The van der Waals surface area contributed by atoms with Crippen molar-refractivity contribution in [2.45, 2.75) is 25.2 Å². The highest BCUT2D eigenvalue weighted by atomic mass is 79.9. The van der Waals surface area contributed by atoms with Gasteiger partial charge in [0, 0.05) is 21.1 Å². The fraction of sp³-hybridized carbons (Fsp3) is 0.333. The van der Waals surface area contributed by atoms with Crippen LogP contribution in [0.3, 0.4) is 0 Å². The molecule has 1 fully saturated rings. The molecule has 5 heteroatoms. The van der Waals surface area contributed by atoms with E-state index in [0.29, 0.717) is 11.6 Å². The van der Waals surface area contributed by atoms with Crippen molar-refractivity contribution >= 4 is 21.6 Å². The van der Waals surface area contributed by atoms with Gasteiger partial charge in [-0.25, -0.2) is 0 Å². The highest BCUT2D eigenvalue weighted by Gasteiger charge is 2.43. The number of hydrogen-bond acceptors (Lipinski definition) is 4. The maximum absolute atomic E-state index is 5.78. The summed E-state index contributed by atoms with van der Waals surface area (Å²) in [6, 6.07) is 5.59. The Hall–Kier alpha value is -1.36. The van der Waals surface area contributed by atoms with Crippen molar-refractivity contribution in [3.05, 3.63) is 28.5 Å². The van der Waals surface area contributed by atoms with Crippen LogP contribution in [0.1, 0.15) is 25.6 Å². The molecule has 1 aliphatic rings. The molecule has 1 aliphatic carbocycles. The van der Waals surface area contributed by atoms with Crippen LogP contribution in [-0.2, 0) is 5.41 Å². The maximum Gasteiger partial charge on any atom is 0.258 e. The van der Waals surface area contributed by atoms with Gasteiger partial charge in [-0.2, -0.15) is 4.98 Å². The third kappa shape index (κ3) is 1.95. The molecule has 1 saturated carbocycles. The molecule has 17 heavy (non-hydrogen) atoms.